The zero-order valence-electron chi connectivity index (χ0n) is 15.8. The first-order valence-corrected chi connectivity index (χ1v) is 9.70. The number of benzene rings is 1. The molecule has 0 bridgehead atoms. The average molecular weight is 407 g/mol. The predicted molar refractivity (Wildman–Crippen MR) is 108 cm³/mol. The number of rotatable bonds is 5. The smallest absolute Gasteiger partial charge is 0.409 e. The molecule has 9 heteroatoms. The topological polar surface area (TPSA) is 117 Å². The first-order valence-electron chi connectivity index (χ1n) is 9.70. The van der Waals surface area contributed by atoms with Gasteiger partial charge in [0.05, 0.1) is 11.6 Å². The maximum absolute atomic E-state index is 13.1. The molecule has 2 unspecified atom stereocenters. The summed E-state index contributed by atoms with van der Waals surface area (Å²) in [5.74, 6) is -0.403. The number of nitrogens with zero attached hydrogens (tertiary/aromatic N) is 3. The van der Waals surface area contributed by atoms with Gasteiger partial charge in [-0.2, -0.15) is 0 Å². The fourth-order valence-electron chi connectivity index (χ4n) is 3.64. The summed E-state index contributed by atoms with van der Waals surface area (Å²) in [6, 6.07) is 7.18. The number of anilines is 2. The minimum atomic E-state index is -1.22. The molecule has 2 atom stereocenters. The molecule has 30 heavy (non-hydrogen) atoms. The number of amides is 2. The number of aromatic nitrogens is 3. The second-order valence-corrected chi connectivity index (χ2v) is 7.71. The number of carboxylic acid groups (broad SMARTS) is 1. The highest BCUT2D eigenvalue weighted by atomic mass is 19.1. The summed E-state index contributed by atoms with van der Waals surface area (Å²) in [6.45, 7) is 0. The van der Waals surface area contributed by atoms with Crippen molar-refractivity contribution < 1.29 is 19.1 Å². The SMILES string of the molecule is O=C(O)Nc1cc(-c2cnccc2C2CC2)cc2cc(NC(=O)C3CC3F)nnc12. The van der Waals surface area contributed by atoms with Crippen LogP contribution in [0.3, 0.4) is 0 Å². The number of hydrogen-bond donors (Lipinski definition) is 3. The van der Waals surface area contributed by atoms with Gasteiger partial charge in [-0.05, 0) is 60.6 Å². The molecule has 3 N–H and O–H groups in total. The molecular weight excluding hydrogens is 389 g/mol. The summed E-state index contributed by atoms with van der Waals surface area (Å²) in [4.78, 5) is 27.6. The van der Waals surface area contributed by atoms with Crippen LogP contribution in [0.5, 0.6) is 0 Å². The van der Waals surface area contributed by atoms with E-state index in [2.05, 4.69) is 25.8 Å². The lowest BCUT2D eigenvalue weighted by Gasteiger charge is -2.13. The van der Waals surface area contributed by atoms with Gasteiger partial charge in [0.15, 0.2) is 5.82 Å². The molecule has 2 aliphatic rings. The number of nitrogens with one attached hydrogen (secondary N) is 2. The van der Waals surface area contributed by atoms with Gasteiger partial charge in [0.2, 0.25) is 5.91 Å². The van der Waals surface area contributed by atoms with E-state index in [1.165, 1.54) is 5.56 Å². The highest BCUT2D eigenvalue weighted by molar-refractivity contribution is 6.02. The maximum atomic E-state index is 13.1. The number of alkyl halides is 1. The van der Waals surface area contributed by atoms with E-state index in [9.17, 15) is 19.1 Å². The lowest BCUT2D eigenvalue weighted by Crippen LogP contribution is -2.16. The van der Waals surface area contributed by atoms with Crippen LogP contribution in [0, 0.1) is 5.92 Å². The Hall–Kier alpha value is -3.62. The van der Waals surface area contributed by atoms with Crippen molar-refractivity contribution >= 4 is 34.4 Å². The van der Waals surface area contributed by atoms with Crippen LogP contribution in [0.15, 0.2) is 36.7 Å². The lowest BCUT2D eigenvalue weighted by molar-refractivity contribution is -0.117. The quantitative estimate of drug-likeness (QED) is 0.589. The molecule has 2 saturated carbocycles. The van der Waals surface area contributed by atoms with Crippen molar-refractivity contribution in [2.24, 2.45) is 5.92 Å². The van der Waals surface area contributed by atoms with Crippen molar-refractivity contribution in [1.29, 1.82) is 0 Å². The van der Waals surface area contributed by atoms with Gasteiger partial charge >= 0.3 is 6.09 Å². The Morgan fingerprint density at radius 3 is 2.63 bits per heavy atom. The van der Waals surface area contributed by atoms with Crippen molar-refractivity contribution in [3.63, 3.8) is 0 Å². The van der Waals surface area contributed by atoms with Gasteiger partial charge in [0, 0.05) is 23.3 Å². The molecule has 1 aromatic carbocycles. The normalized spacial score (nSPS) is 20.0. The highest BCUT2D eigenvalue weighted by Crippen LogP contribution is 2.45. The monoisotopic (exact) mass is 407 g/mol. The molecule has 0 aliphatic heterocycles. The Morgan fingerprint density at radius 2 is 1.93 bits per heavy atom. The van der Waals surface area contributed by atoms with Crippen LogP contribution in [0.25, 0.3) is 22.0 Å². The van der Waals surface area contributed by atoms with Gasteiger partial charge in [-0.3, -0.25) is 15.1 Å². The van der Waals surface area contributed by atoms with E-state index in [0.717, 1.165) is 24.0 Å². The molecule has 0 saturated heterocycles. The van der Waals surface area contributed by atoms with Crippen molar-refractivity contribution in [3.8, 4) is 11.1 Å². The zero-order valence-corrected chi connectivity index (χ0v) is 15.8. The van der Waals surface area contributed by atoms with Crippen LogP contribution >= 0.6 is 0 Å². The van der Waals surface area contributed by atoms with E-state index in [1.807, 2.05) is 12.1 Å². The molecule has 3 aromatic rings. The number of pyridine rings is 1. The first-order chi connectivity index (χ1) is 14.5. The van der Waals surface area contributed by atoms with E-state index in [0.29, 0.717) is 16.8 Å². The second-order valence-electron chi connectivity index (χ2n) is 7.71. The predicted octanol–water partition coefficient (Wildman–Crippen LogP) is 3.96. The first kappa shape index (κ1) is 18.4. The molecule has 8 nitrogen and oxygen atoms in total. The van der Waals surface area contributed by atoms with Crippen molar-refractivity contribution in [3.05, 3.63) is 42.2 Å². The van der Waals surface area contributed by atoms with Gasteiger partial charge in [0.1, 0.15) is 11.7 Å². The Morgan fingerprint density at radius 1 is 1.13 bits per heavy atom. The number of carbonyl (C=O) groups excluding carboxylic acids is 1. The van der Waals surface area contributed by atoms with Crippen LogP contribution in [0.1, 0.15) is 30.7 Å². The van der Waals surface area contributed by atoms with E-state index < -0.39 is 24.1 Å². The minimum absolute atomic E-state index is 0.193. The van der Waals surface area contributed by atoms with E-state index in [-0.39, 0.29) is 17.9 Å². The molecule has 2 aromatic heterocycles. The van der Waals surface area contributed by atoms with E-state index in [1.54, 1.807) is 24.5 Å². The van der Waals surface area contributed by atoms with Gasteiger partial charge < -0.3 is 10.4 Å². The average Bonchev–Trinajstić information content (AvgIpc) is 3.63. The van der Waals surface area contributed by atoms with Crippen molar-refractivity contribution in [2.45, 2.75) is 31.4 Å². The molecule has 2 amide bonds. The molecule has 2 heterocycles. The minimum Gasteiger partial charge on any atom is -0.465 e. The van der Waals surface area contributed by atoms with Crippen LogP contribution in [0.2, 0.25) is 0 Å². The van der Waals surface area contributed by atoms with E-state index in [4.69, 9.17) is 0 Å². The van der Waals surface area contributed by atoms with Gasteiger partial charge in [0.25, 0.3) is 0 Å². The largest absolute Gasteiger partial charge is 0.465 e. The summed E-state index contributed by atoms with van der Waals surface area (Å²) >= 11 is 0. The fourth-order valence-corrected chi connectivity index (χ4v) is 3.64. The standard InChI is InChI=1S/C21H18FN5O3/c22-16-8-14(16)20(28)25-18-7-12-5-11(6-17(24-21(29)30)19(12)27-26-18)15-9-23-4-3-13(15)10-1-2-10/h3-7,9-10,14,16,24H,1-2,8H2,(H,29,30)(H,25,26,28). The third-order valence-electron chi connectivity index (χ3n) is 5.41. The summed E-state index contributed by atoms with van der Waals surface area (Å²) in [5.41, 5.74) is 3.53. The van der Waals surface area contributed by atoms with Crippen LogP contribution in [0.4, 0.5) is 20.7 Å². The van der Waals surface area contributed by atoms with Gasteiger partial charge in [-0.1, -0.05) is 0 Å². The third-order valence-corrected chi connectivity index (χ3v) is 5.41. The molecule has 2 fully saturated rings. The maximum Gasteiger partial charge on any atom is 0.409 e. The van der Waals surface area contributed by atoms with Crippen LogP contribution in [-0.2, 0) is 4.79 Å². The lowest BCUT2D eigenvalue weighted by atomic mass is 9.97. The van der Waals surface area contributed by atoms with Gasteiger partial charge in [-0.15, -0.1) is 10.2 Å². The zero-order chi connectivity index (χ0) is 20.8. The summed E-state index contributed by atoms with van der Waals surface area (Å²) < 4.78 is 13.1. The van der Waals surface area contributed by atoms with Crippen LogP contribution < -0.4 is 10.6 Å². The molecule has 152 valence electrons. The summed E-state index contributed by atoms with van der Waals surface area (Å²) in [6.07, 6.45) is 3.64. The Balaban J connectivity index is 1.59. The Kier molecular flexibility index (Phi) is 4.30. The number of carbonyl (C=O) groups is 2. The highest BCUT2D eigenvalue weighted by Gasteiger charge is 2.43. The summed E-state index contributed by atoms with van der Waals surface area (Å²) in [7, 11) is 0. The number of hydrogen-bond acceptors (Lipinski definition) is 5. The Bertz CT molecular complexity index is 1180. The molecule has 5 rings (SSSR count). The molecule has 0 spiro atoms. The molecule has 2 aliphatic carbocycles. The number of halogens is 1. The molecular formula is C21H18FN5O3. The third kappa shape index (κ3) is 3.54. The van der Waals surface area contributed by atoms with E-state index >= 15 is 0 Å². The molecule has 0 radical (unpaired) electrons. The Labute approximate surface area is 170 Å². The fraction of sp³-hybridized carbons (Fsp3) is 0.286. The second kappa shape index (κ2) is 7.01. The van der Waals surface area contributed by atoms with Gasteiger partial charge in [-0.25, -0.2) is 9.18 Å². The van der Waals surface area contributed by atoms with Crippen LogP contribution in [-0.4, -0.2) is 38.5 Å². The van der Waals surface area contributed by atoms with Crippen molar-refractivity contribution in [1.82, 2.24) is 15.2 Å². The summed E-state index contributed by atoms with van der Waals surface area (Å²) in [5, 5.41) is 22.8. The van der Waals surface area contributed by atoms with Crippen molar-refractivity contribution in [2.75, 3.05) is 10.6 Å². The number of fused-ring (bicyclic) bond motifs is 1.